The molecule has 0 aliphatic heterocycles. The first-order valence-corrected chi connectivity index (χ1v) is 5.27. The lowest BCUT2D eigenvalue weighted by atomic mass is 10.1. The molecule has 2 rings (SSSR count). The number of allylic oxidation sites excluding steroid dienone is 3. The summed E-state index contributed by atoms with van der Waals surface area (Å²) in [7, 11) is 0. The van der Waals surface area contributed by atoms with Gasteiger partial charge in [-0.05, 0) is 12.0 Å². The first-order valence-electron chi connectivity index (χ1n) is 5.27. The van der Waals surface area contributed by atoms with Gasteiger partial charge in [0, 0.05) is 12.0 Å². The Morgan fingerprint density at radius 1 is 1.00 bits per heavy atom. The molecule has 1 aliphatic carbocycles. The standard InChI is InChI=1S/C14H12O2/c15-13-10-9-12(14(13)16)8-4-7-11-5-2-1-3-6-11/h1-8H,9-10H2. The monoisotopic (exact) mass is 212 g/mol. The van der Waals surface area contributed by atoms with E-state index in [1.807, 2.05) is 42.5 Å². The van der Waals surface area contributed by atoms with Gasteiger partial charge in [-0.2, -0.15) is 0 Å². The van der Waals surface area contributed by atoms with Crippen molar-refractivity contribution in [1.82, 2.24) is 0 Å². The Bertz CT molecular complexity index is 467. The highest BCUT2D eigenvalue weighted by Gasteiger charge is 2.25. The second-order valence-corrected chi connectivity index (χ2v) is 3.71. The van der Waals surface area contributed by atoms with Crippen molar-refractivity contribution < 1.29 is 9.59 Å². The van der Waals surface area contributed by atoms with Crippen molar-refractivity contribution >= 4 is 17.6 Å². The van der Waals surface area contributed by atoms with E-state index >= 15 is 0 Å². The van der Waals surface area contributed by atoms with E-state index in [1.165, 1.54) is 0 Å². The topological polar surface area (TPSA) is 34.1 Å². The number of hydrogen-bond acceptors (Lipinski definition) is 2. The summed E-state index contributed by atoms with van der Waals surface area (Å²) in [5.41, 5.74) is 1.70. The van der Waals surface area contributed by atoms with Crippen LogP contribution in [0.4, 0.5) is 0 Å². The third-order valence-corrected chi connectivity index (χ3v) is 2.55. The Morgan fingerprint density at radius 3 is 2.38 bits per heavy atom. The number of rotatable bonds is 2. The van der Waals surface area contributed by atoms with Crippen LogP contribution in [-0.2, 0) is 9.59 Å². The van der Waals surface area contributed by atoms with Crippen molar-refractivity contribution in [1.29, 1.82) is 0 Å². The van der Waals surface area contributed by atoms with Crippen LogP contribution in [0.2, 0.25) is 0 Å². The highest BCUT2D eigenvalue weighted by atomic mass is 16.2. The van der Waals surface area contributed by atoms with Crippen molar-refractivity contribution in [3.8, 4) is 0 Å². The molecule has 0 radical (unpaired) electrons. The van der Waals surface area contributed by atoms with Gasteiger partial charge in [0.25, 0.3) is 0 Å². The van der Waals surface area contributed by atoms with Crippen LogP contribution in [0.25, 0.3) is 6.08 Å². The Kier molecular flexibility index (Phi) is 3.10. The SMILES string of the molecule is O=C1CCC(=CC=Cc2ccccc2)C1=O. The van der Waals surface area contributed by atoms with Gasteiger partial charge in [0.15, 0.2) is 0 Å². The van der Waals surface area contributed by atoms with Crippen LogP contribution in [0.5, 0.6) is 0 Å². The summed E-state index contributed by atoms with van der Waals surface area (Å²) < 4.78 is 0. The summed E-state index contributed by atoms with van der Waals surface area (Å²) in [6.45, 7) is 0. The fourth-order valence-corrected chi connectivity index (χ4v) is 1.65. The highest BCUT2D eigenvalue weighted by Crippen LogP contribution is 2.17. The third-order valence-electron chi connectivity index (χ3n) is 2.55. The molecule has 2 nitrogen and oxygen atoms in total. The minimum Gasteiger partial charge on any atom is -0.290 e. The van der Waals surface area contributed by atoms with Gasteiger partial charge in [-0.3, -0.25) is 9.59 Å². The quantitative estimate of drug-likeness (QED) is 0.557. The Labute approximate surface area is 94.3 Å². The molecule has 0 N–H and O–H groups in total. The van der Waals surface area contributed by atoms with Crippen molar-refractivity contribution in [3.63, 3.8) is 0 Å². The molecule has 1 fully saturated rings. The van der Waals surface area contributed by atoms with E-state index in [0.29, 0.717) is 18.4 Å². The molecule has 16 heavy (non-hydrogen) atoms. The number of ketones is 2. The molecule has 0 spiro atoms. The van der Waals surface area contributed by atoms with Crippen molar-refractivity contribution in [2.24, 2.45) is 0 Å². The molecule has 0 aromatic heterocycles. The first kappa shape index (κ1) is 10.6. The number of Topliss-reactive ketones (excluding diaryl/α,β-unsaturated/α-hetero) is 2. The Balaban J connectivity index is 2.07. The largest absolute Gasteiger partial charge is 0.290 e. The van der Waals surface area contributed by atoms with Gasteiger partial charge in [-0.15, -0.1) is 0 Å². The number of benzene rings is 1. The maximum Gasteiger partial charge on any atom is 0.224 e. The van der Waals surface area contributed by atoms with Gasteiger partial charge in [-0.1, -0.05) is 48.6 Å². The molecule has 1 saturated carbocycles. The van der Waals surface area contributed by atoms with Gasteiger partial charge in [0.1, 0.15) is 0 Å². The summed E-state index contributed by atoms with van der Waals surface area (Å²) in [4.78, 5) is 22.3. The van der Waals surface area contributed by atoms with Gasteiger partial charge in [0.05, 0.1) is 0 Å². The van der Waals surface area contributed by atoms with E-state index in [-0.39, 0.29) is 11.6 Å². The van der Waals surface area contributed by atoms with E-state index in [4.69, 9.17) is 0 Å². The molecule has 0 saturated heterocycles. The van der Waals surface area contributed by atoms with E-state index in [9.17, 15) is 9.59 Å². The van der Waals surface area contributed by atoms with Gasteiger partial charge in [0.2, 0.25) is 11.6 Å². The maximum absolute atomic E-state index is 11.3. The van der Waals surface area contributed by atoms with Crippen LogP contribution in [0, 0.1) is 0 Å². The van der Waals surface area contributed by atoms with E-state index < -0.39 is 0 Å². The van der Waals surface area contributed by atoms with E-state index in [1.54, 1.807) is 6.08 Å². The molecule has 80 valence electrons. The van der Waals surface area contributed by atoms with Crippen LogP contribution in [-0.4, -0.2) is 11.6 Å². The molecule has 0 bridgehead atoms. The minimum atomic E-state index is -0.322. The van der Waals surface area contributed by atoms with Crippen molar-refractivity contribution in [2.75, 3.05) is 0 Å². The normalized spacial score (nSPS) is 18.9. The minimum absolute atomic E-state index is 0.264. The predicted octanol–water partition coefficient (Wildman–Crippen LogP) is 2.56. The molecular formula is C14H12O2. The fraction of sp³-hybridized carbons (Fsp3) is 0.143. The lowest BCUT2D eigenvalue weighted by molar-refractivity contribution is -0.132. The summed E-state index contributed by atoms with van der Waals surface area (Å²) in [6.07, 6.45) is 6.42. The van der Waals surface area contributed by atoms with Crippen LogP contribution in [0.3, 0.4) is 0 Å². The Hall–Kier alpha value is -1.96. The third kappa shape index (κ3) is 2.34. The van der Waals surface area contributed by atoms with Gasteiger partial charge in [-0.25, -0.2) is 0 Å². The molecule has 0 atom stereocenters. The average molecular weight is 212 g/mol. The number of carbonyl (C=O) groups is 2. The zero-order valence-electron chi connectivity index (χ0n) is 8.85. The number of carbonyl (C=O) groups excluding carboxylic acids is 2. The smallest absolute Gasteiger partial charge is 0.224 e. The zero-order chi connectivity index (χ0) is 11.4. The van der Waals surface area contributed by atoms with Crippen LogP contribution in [0.15, 0.2) is 48.1 Å². The molecule has 0 heterocycles. The molecule has 0 amide bonds. The molecule has 0 unspecified atom stereocenters. The van der Waals surface area contributed by atoms with Crippen LogP contribution < -0.4 is 0 Å². The summed E-state index contributed by atoms with van der Waals surface area (Å²) in [6, 6.07) is 9.83. The van der Waals surface area contributed by atoms with Crippen LogP contribution in [0.1, 0.15) is 18.4 Å². The zero-order valence-corrected chi connectivity index (χ0v) is 8.85. The van der Waals surface area contributed by atoms with Gasteiger partial charge >= 0.3 is 0 Å². The number of hydrogen-bond donors (Lipinski definition) is 0. The second-order valence-electron chi connectivity index (χ2n) is 3.71. The van der Waals surface area contributed by atoms with E-state index in [0.717, 1.165) is 5.56 Å². The highest BCUT2D eigenvalue weighted by molar-refractivity contribution is 6.45. The summed E-state index contributed by atoms with van der Waals surface area (Å²) >= 11 is 0. The molecular weight excluding hydrogens is 200 g/mol. The lowest BCUT2D eigenvalue weighted by Crippen LogP contribution is -2.04. The predicted molar refractivity (Wildman–Crippen MR) is 62.8 cm³/mol. The van der Waals surface area contributed by atoms with Gasteiger partial charge < -0.3 is 0 Å². The molecule has 1 aromatic carbocycles. The Morgan fingerprint density at radius 2 is 1.75 bits per heavy atom. The van der Waals surface area contributed by atoms with E-state index in [2.05, 4.69) is 0 Å². The van der Waals surface area contributed by atoms with Crippen LogP contribution >= 0.6 is 0 Å². The van der Waals surface area contributed by atoms with Crippen molar-refractivity contribution in [3.05, 3.63) is 53.6 Å². The molecule has 1 aromatic rings. The first-order chi connectivity index (χ1) is 7.77. The fourth-order valence-electron chi connectivity index (χ4n) is 1.65. The lowest BCUT2D eigenvalue weighted by Gasteiger charge is -1.90. The molecule has 2 heteroatoms. The average Bonchev–Trinajstić information content (AvgIpc) is 2.62. The van der Waals surface area contributed by atoms with Crippen molar-refractivity contribution in [2.45, 2.75) is 12.8 Å². The summed E-state index contributed by atoms with van der Waals surface area (Å²) in [5.74, 6) is -0.586. The second kappa shape index (κ2) is 4.71. The summed E-state index contributed by atoms with van der Waals surface area (Å²) in [5, 5.41) is 0. The molecule has 1 aliphatic rings. The maximum atomic E-state index is 11.3.